The van der Waals surface area contributed by atoms with Gasteiger partial charge in [0.15, 0.2) is 0 Å². The van der Waals surface area contributed by atoms with Crippen LogP contribution in [0, 0.1) is 0 Å². The predicted molar refractivity (Wildman–Crippen MR) is 123 cm³/mol. The fourth-order valence-corrected chi connectivity index (χ4v) is 5.16. The van der Waals surface area contributed by atoms with Gasteiger partial charge in [0.1, 0.15) is 5.75 Å². The van der Waals surface area contributed by atoms with Gasteiger partial charge in [-0.1, -0.05) is 30.3 Å². The molecule has 0 atom stereocenters. The van der Waals surface area contributed by atoms with Gasteiger partial charge < -0.3 is 14.6 Å². The molecule has 0 amide bonds. The van der Waals surface area contributed by atoms with Crippen molar-refractivity contribution in [2.45, 2.75) is 25.4 Å². The number of aromatic nitrogens is 1. The maximum absolute atomic E-state index is 5.56. The lowest BCUT2D eigenvalue weighted by Gasteiger charge is -2.43. The summed E-state index contributed by atoms with van der Waals surface area (Å²) in [5, 5.41) is 1.37. The van der Waals surface area contributed by atoms with Crippen molar-refractivity contribution in [3.05, 3.63) is 60.3 Å². The van der Waals surface area contributed by atoms with Crippen LogP contribution in [0.15, 0.2) is 54.7 Å². The van der Waals surface area contributed by atoms with E-state index in [1.54, 1.807) is 7.11 Å². The lowest BCUT2D eigenvalue weighted by Crippen LogP contribution is -2.53. The number of aromatic amines is 1. The maximum atomic E-state index is 5.56. The average molecular weight is 405 g/mol. The van der Waals surface area contributed by atoms with Crippen molar-refractivity contribution in [3.63, 3.8) is 0 Å². The summed E-state index contributed by atoms with van der Waals surface area (Å²) in [6.45, 7) is 7.88. The van der Waals surface area contributed by atoms with Crippen molar-refractivity contribution >= 4 is 16.6 Å². The molecule has 2 fully saturated rings. The number of piperazine rings is 1. The standard InChI is InChI=1S/C25H32N4O/c1-30-25-9-5-4-8-24(25)29-16-14-28(15-17-29)21-10-12-27(13-11-21)19-20-18-26-23-7-3-2-6-22(20)23/h2-9,18,21,26H,10-17,19H2,1H3. The molecule has 5 heteroatoms. The van der Waals surface area contributed by atoms with Gasteiger partial charge in [0.05, 0.1) is 12.8 Å². The minimum atomic E-state index is 0.726. The molecule has 1 N–H and O–H groups in total. The number of nitrogens with zero attached hydrogens (tertiary/aromatic N) is 3. The predicted octanol–water partition coefficient (Wildman–Crippen LogP) is 3.96. The first-order chi connectivity index (χ1) is 14.8. The highest BCUT2D eigenvalue weighted by Crippen LogP contribution is 2.29. The van der Waals surface area contributed by atoms with Crippen LogP contribution < -0.4 is 9.64 Å². The third kappa shape index (κ3) is 3.92. The molecule has 3 heterocycles. The molecule has 0 saturated carbocycles. The summed E-state index contributed by atoms with van der Waals surface area (Å²) in [5.74, 6) is 0.983. The van der Waals surface area contributed by atoms with Gasteiger partial charge in [-0.3, -0.25) is 9.80 Å². The number of nitrogens with one attached hydrogen (secondary N) is 1. The molecule has 158 valence electrons. The van der Waals surface area contributed by atoms with E-state index in [4.69, 9.17) is 4.74 Å². The number of anilines is 1. The lowest BCUT2D eigenvalue weighted by molar-refractivity contribution is 0.0999. The largest absolute Gasteiger partial charge is 0.495 e. The quantitative estimate of drug-likeness (QED) is 0.698. The maximum Gasteiger partial charge on any atom is 0.142 e. The molecule has 2 aromatic carbocycles. The second kappa shape index (κ2) is 8.70. The van der Waals surface area contributed by atoms with Gasteiger partial charge in [0.25, 0.3) is 0 Å². The van der Waals surface area contributed by atoms with Crippen LogP contribution in [0.5, 0.6) is 5.75 Å². The number of para-hydroxylation sites is 3. The van der Waals surface area contributed by atoms with Gasteiger partial charge in [-0.15, -0.1) is 0 Å². The number of methoxy groups -OCH3 is 1. The summed E-state index contributed by atoms with van der Waals surface area (Å²) in [6.07, 6.45) is 4.74. The van der Waals surface area contributed by atoms with Crippen molar-refractivity contribution < 1.29 is 4.74 Å². The van der Waals surface area contributed by atoms with Gasteiger partial charge in [0.2, 0.25) is 0 Å². The molecule has 5 rings (SSSR count). The average Bonchev–Trinajstić information content (AvgIpc) is 3.22. The summed E-state index contributed by atoms with van der Waals surface area (Å²) in [7, 11) is 1.76. The van der Waals surface area contributed by atoms with E-state index in [0.717, 1.165) is 44.5 Å². The van der Waals surface area contributed by atoms with Crippen LogP contribution in [-0.2, 0) is 6.54 Å². The highest BCUT2D eigenvalue weighted by atomic mass is 16.5. The SMILES string of the molecule is COc1ccccc1N1CCN(C2CCN(Cc3c[nH]c4ccccc34)CC2)CC1. The monoisotopic (exact) mass is 404 g/mol. The molecule has 3 aromatic rings. The van der Waals surface area contributed by atoms with Gasteiger partial charge in [-0.2, -0.15) is 0 Å². The fourth-order valence-electron chi connectivity index (χ4n) is 5.16. The Kier molecular flexibility index (Phi) is 5.65. The Morgan fingerprint density at radius 2 is 1.63 bits per heavy atom. The molecule has 0 radical (unpaired) electrons. The molecule has 30 heavy (non-hydrogen) atoms. The number of ether oxygens (including phenoxy) is 1. The fraction of sp³-hybridized carbons (Fsp3) is 0.440. The summed E-state index contributed by atoms with van der Waals surface area (Å²) in [4.78, 5) is 11.2. The van der Waals surface area contributed by atoms with E-state index in [1.165, 1.54) is 48.1 Å². The first-order valence-corrected chi connectivity index (χ1v) is 11.2. The van der Waals surface area contributed by atoms with Crippen molar-refractivity contribution in [1.82, 2.24) is 14.8 Å². The Labute approximate surface area is 179 Å². The third-order valence-electron chi connectivity index (χ3n) is 6.88. The van der Waals surface area contributed by atoms with Crippen LogP contribution in [0.2, 0.25) is 0 Å². The van der Waals surface area contributed by atoms with Crippen LogP contribution in [0.4, 0.5) is 5.69 Å². The van der Waals surface area contributed by atoms with E-state index in [2.05, 4.69) is 68.3 Å². The van der Waals surface area contributed by atoms with E-state index in [-0.39, 0.29) is 0 Å². The zero-order valence-corrected chi connectivity index (χ0v) is 17.9. The number of hydrogen-bond acceptors (Lipinski definition) is 4. The summed E-state index contributed by atoms with van der Waals surface area (Å²) in [5.41, 5.74) is 3.90. The summed E-state index contributed by atoms with van der Waals surface area (Å²) in [6, 6.07) is 17.7. The Morgan fingerprint density at radius 3 is 2.43 bits per heavy atom. The highest BCUT2D eigenvalue weighted by Gasteiger charge is 2.28. The zero-order chi connectivity index (χ0) is 20.3. The molecular formula is C25H32N4O. The Balaban J connectivity index is 1.13. The third-order valence-corrected chi connectivity index (χ3v) is 6.88. The number of H-pyrrole nitrogens is 1. The lowest BCUT2D eigenvalue weighted by atomic mass is 10.0. The molecule has 0 unspecified atom stereocenters. The zero-order valence-electron chi connectivity index (χ0n) is 17.9. The molecule has 0 bridgehead atoms. The molecule has 2 aliphatic rings. The van der Waals surface area contributed by atoms with Crippen LogP contribution >= 0.6 is 0 Å². The number of piperidine rings is 1. The van der Waals surface area contributed by atoms with Gasteiger partial charge in [-0.25, -0.2) is 0 Å². The van der Waals surface area contributed by atoms with Gasteiger partial charge in [-0.05, 0) is 49.7 Å². The summed E-state index contributed by atoms with van der Waals surface area (Å²) >= 11 is 0. The molecule has 0 spiro atoms. The Morgan fingerprint density at radius 1 is 0.900 bits per heavy atom. The van der Waals surface area contributed by atoms with Gasteiger partial charge in [0, 0.05) is 55.9 Å². The molecule has 5 nitrogen and oxygen atoms in total. The second-order valence-electron chi connectivity index (χ2n) is 8.56. The van der Waals surface area contributed by atoms with Crippen molar-refractivity contribution in [2.75, 3.05) is 51.3 Å². The number of rotatable bonds is 5. The molecule has 2 aliphatic heterocycles. The molecule has 2 saturated heterocycles. The van der Waals surface area contributed by atoms with Crippen molar-refractivity contribution in [1.29, 1.82) is 0 Å². The van der Waals surface area contributed by atoms with Gasteiger partial charge >= 0.3 is 0 Å². The molecule has 0 aliphatic carbocycles. The minimum Gasteiger partial charge on any atom is -0.495 e. The van der Waals surface area contributed by atoms with Crippen LogP contribution in [-0.4, -0.2) is 67.2 Å². The number of likely N-dealkylation sites (tertiary alicyclic amines) is 1. The Hall–Kier alpha value is -2.50. The summed E-state index contributed by atoms with van der Waals surface area (Å²) < 4.78 is 5.56. The van der Waals surface area contributed by atoms with Crippen LogP contribution in [0.1, 0.15) is 18.4 Å². The van der Waals surface area contributed by atoms with Crippen molar-refractivity contribution in [2.24, 2.45) is 0 Å². The second-order valence-corrected chi connectivity index (χ2v) is 8.56. The highest BCUT2D eigenvalue weighted by molar-refractivity contribution is 5.82. The Bertz CT molecular complexity index is 968. The van der Waals surface area contributed by atoms with Crippen molar-refractivity contribution in [3.8, 4) is 5.75 Å². The molecular weight excluding hydrogens is 372 g/mol. The van der Waals surface area contributed by atoms with E-state index in [1.807, 2.05) is 6.07 Å². The van der Waals surface area contributed by atoms with E-state index >= 15 is 0 Å². The minimum absolute atomic E-state index is 0.726. The number of benzene rings is 2. The topological polar surface area (TPSA) is 34.7 Å². The normalized spacial score (nSPS) is 19.4. The van der Waals surface area contributed by atoms with Crippen LogP contribution in [0.25, 0.3) is 10.9 Å². The number of hydrogen-bond donors (Lipinski definition) is 1. The number of fused-ring (bicyclic) bond motifs is 1. The smallest absolute Gasteiger partial charge is 0.142 e. The van der Waals surface area contributed by atoms with E-state index in [0.29, 0.717) is 0 Å². The molecule has 1 aromatic heterocycles. The first kappa shape index (κ1) is 19.5. The first-order valence-electron chi connectivity index (χ1n) is 11.2. The van der Waals surface area contributed by atoms with E-state index < -0.39 is 0 Å². The van der Waals surface area contributed by atoms with Crippen LogP contribution in [0.3, 0.4) is 0 Å². The van der Waals surface area contributed by atoms with E-state index in [9.17, 15) is 0 Å².